The van der Waals surface area contributed by atoms with Crippen molar-refractivity contribution in [1.82, 2.24) is 20.0 Å². The minimum absolute atomic E-state index is 0.104. The third-order valence-electron chi connectivity index (χ3n) is 4.44. The lowest BCUT2D eigenvalue weighted by Crippen LogP contribution is -2.15. The summed E-state index contributed by atoms with van der Waals surface area (Å²) in [6.07, 6.45) is 3.48. The number of hydrogen-bond acceptors (Lipinski definition) is 4. The van der Waals surface area contributed by atoms with Gasteiger partial charge in [-0.25, -0.2) is 4.68 Å². The largest absolute Gasteiger partial charge is 0.369 e. The molecule has 2 aromatic heterocycles. The Morgan fingerprint density at radius 1 is 1.27 bits per heavy atom. The van der Waals surface area contributed by atoms with Gasteiger partial charge in [-0.1, -0.05) is 0 Å². The highest BCUT2D eigenvalue weighted by atomic mass is 16.1. The van der Waals surface area contributed by atoms with Crippen molar-refractivity contribution < 1.29 is 9.59 Å². The molecule has 0 spiro atoms. The van der Waals surface area contributed by atoms with E-state index in [0.717, 1.165) is 41.0 Å². The zero-order chi connectivity index (χ0) is 18.3. The van der Waals surface area contributed by atoms with E-state index in [1.165, 1.54) is 6.92 Å². The number of benzene rings is 1. The van der Waals surface area contributed by atoms with E-state index in [0.29, 0.717) is 11.4 Å². The molecule has 4 rings (SSSR count). The Balaban J connectivity index is 1.83. The van der Waals surface area contributed by atoms with Gasteiger partial charge in [-0.3, -0.25) is 14.7 Å². The van der Waals surface area contributed by atoms with E-state index in [4.69, 9.17) is 5.73 Å². The van der Waals surface area contributed by atoms with Crippen LogP contribution in [-0.4, -0.2) is 31.8 Å². The molecule has 1 aromatic carbocycles. The maximum atomic E-state index is 11.5. The predicted molar refractivity (Wildman–Crippen MR) is 95.8 cm³/mol. The van der Waals surface area contributed by atoms with E-state index >= 15 is 0 Å². The van der Waals surface area contributed by atoms with Crippen LogP contribution in [0.2, 0.25) is 0 Å². The van der Waals surface area contributed by atoms with Gasteiger partial charge < -0.3 is 11.1 Å². The molecule has 0 fully saturated rings. The van der Waals surface area contributed by atoms with E-state index in [2.05, 4.69) is 20.6 Å². The first-order valence-corrected chi connectivity index (χ1v) is 8.32. The van der Waals surface area contributed by atoms with E-state index in [9.17, 15) is 9.59 Å². The Morgan fingerprint density at radius 3 is 2.73 bits per heavy atom. The fourth-order valence-electron chi connectivity index (χ4n) is 3.38. The van der Waals surface area contributed by atoms with Crippen molar-refractivity contribution in [3.8, 4) is 16.9 Å². The molecule has 3 aromatic rings. The minimum atomic E-state index is -0.406. The van der Waals surface area contributed by atoms with Crippen molar-refractivity contribution in [2.24, 2.45) is 5.73 Å². The number of carbonyl (C=O) groups excluding carboxylic acids is 2. The first kappa shape index (κ1) is 16.1. The number of amides is 2. The van der Waals surface area contributed by atoms with Crippen molar-refractivity contribution in [2.45, 2.75) is 26.2 Å². The van der Waals surface area contributed by atoms with Crippen molar-refractivity contribution in [2.75, 3.05) is 5.32 Å². The molecule has 4 N–H and O–H groups in total. The summed E-state index contributed by atoms with van der Waals surface area (Å²) in [6.45, 7) is 1.47. The first-order valence-electron chi connectivity index (χ1n) is 8.32. The average molecular weight is 350 g/mol. The quantitative estimate of drug-likeness (QED) is 0.658. The molecule has 8 nitrogen and oxygen atoms in total. The highest BCUT2D eigenvalue weighted by molar-refractivity contribution is 5.88. The van der Waals surface area contributed by atoms with Crippen LogP contribution in [0, 0.1) is 0 Å². The molecule has 2 amide bonds. The Kier molecular flexibility index (Phi) is 3.80. The Labute approximate surface area is 149 Å². The van der Waals surface area contributed by atoms with Crippen LogP contribution in [0.5, 0.6) is 0 Å². The standard InChI is InChI=1S/C18H18N6O2/c1-10(25)21-11-2-4-12(5-3-11)24-18-13(16(23-24)8-17(19)26)6-7-15-14(18)9-20-22-15/h2-5,9H,6-8H2,1H3,(H2,19,26)(H,20,22)(H,21,25). The number of anilines is 1. The molecule has 1 aliphatic carbocycles. The van der Waals surface area contributed by atoms with Crippen LogP contribution in [0.25, 0.3) is 16.9 Å². The third-order valence-corrected chi connectivity index (χ3v) is 4.44. The fourth-order valence-corrected chi connectivity index (χ4v) is 3.38. The van der Waals surface area contributed by atoms with Crippen LogP contribution in [0.1, 0.15) is 23.9 Å². The lowest BCUT2D eigenvalue weighted by molar-refractivity contribution is -0.117. The zero-order valence-electron chi connectivity index (χ0n) is 14.2. The second-order valence-corrected chi connectivity index (χ2v) is 6.32. The number of aromatic nitrogens is 4. The van der Waals surface area contributed by atoms with Gasteiger partial charge in [0.1, 0.15) is 0 Å². The van der Waals surface area contributed by atoms with Gasteiger partial charge in [0, 0.05) is 29.4 Å². The Morgan fingerprint density at radius 2 is 2.04 bits per heavy atom. The van der Waals surface area contributed by atoms with Gasteiger partial charge in [-0.2, -0.15) is 10.2 Å². The van der Waals surface area contributed by atoms with Gasteiger partial charge in [0.2, 0.25) is 11.8 Å². The second-order valence-electron chi connectivity index (χ2n) is 6.32. The number of nitrogens with zero attached hydrogens (tertiary/aromatic N) is 3. The van der Waals surface area contributed by atoms with E-state index < -0.39 is 5.91 Å². The number of nitrogens with two attached hydrogens (primary N) is 1. The van der Waals surface area contributed by atoms with Crippen molar-refractivity contribution in [3.63, 3.8) is 0 Å². The molecule has 132 valence electrons. The Bertz CT molecular complexity index is 999. The highest BCUT2D eigenvalue weighted by Gasteiger charge is 2.27. The number of carbonyl (C=O) groups is 2. The van der Waals surface area contributed by atoms with E-state index in [-0.39, 0.29) is 12.3 Å². The monoisotopic (exact) mass is 350 g/mol. The van der Waals surface area contributed by atoms with Crippen molar-refractivity contribution in [3.05, 3.63) is 47.4 Å². The van der Waals surface area contributed by atoms with Crippen LogP contribution in [0.3, 0.4) is 0 Å². The molecule has 2 heterocycles. The molecular weight excluding hydrogens is 332 g/mol. The molecule has 0 saturated carbocycles. The summed E-state index contributed by atoms with van der Waals surface area (Å²) >= 11 is 0. The molecule has 8 heteroatoms. The summed E-state index contributed by atoms with van der Waals surface area (Å²) in [5.41, 5.74) is 11.7. The lowest BCUT2D eigenvalue weighted by Gasteiger charge is -2.15. The topological polar surface area (TPSA) is 119 Å². The number of rotatable bonds is 4. The maximum absolute atomic E-state index is 11.5. The Hall–Kier alpha value is -3.42. The second kappa shape index (κ2) is 6.14. The number of fused-ring (bicyclic) bond motifs is 3. The summed E-state index contributed by atoms with van der Waals surface area (Å²) in [4.78, 5) is 22.6. The van der Waals surface area contributed by atoms with Crippen LogP contribution in [0.15, 0.2) is 30.5 Å². The lowest BCUT2D eigenvalue weighted by atomic mass is 9.93. The van der Waals surface area contributed by atoms with Crippen LogP contribution >= 0.6 is 0 Å². The molecule has 0 unspecified atom stereocenters. The SMILES string of the molecule is CC(=O)Nc1ccc(-n2nc(CC(N)=O)c3c2-c2cn[nH]c2CC3)cc1. The highest BCUT2D eigenvalue weighted by Crippen LogP contribution is 2.36. The number of nitrogens with one attached hydrogen (secondary N) is 2. The smallest absolute Gasteiger partial charge is 0.223 e. The normalized spacial score (nSPS) is 12.3. The zero-order valence-corrected chi connectivity index (χ0v) is 14.2. The summed E-state index contributed by atoms with van der Waals surface area (Å²) in [5.74, 6) is -0.530. The van der Waals surface area contributed by atoms with Gasteiger partial charge in [-0.05, 0) is 37.1 Å². The van der Waals surface area contributed by atoms with Gasteiger partial charge in [0.05, 0.1) is 29.7 Å². The molecule has 0 saturated heterocycles. The van der Waals surface area contributed by atoms with Crippen molar-refractivity contribution >= 4 is 17.5 Å². The predicted octanol–water partition coefficient (Wildman–Crippen LogP) is 1.35. The summed E-state index contributed by atoms with van der Waals surface area (Å²) < 4.78 is 1.82. The summed E-state index contributed by atoms with van der Waals surface area (Å²) in [5, 5.41) is 14.6. The van der Waals surface area contributed by atoms with E-state index in [1.54, 1.807) is 6.20 Å². The van der Waals surface area contributed by atoms with Crippen LogP contribution < -0.4 is 11.1 Å². The molecular formula is C18H18N6O2. The number of aryl methyl sites for hydroxylation is 1. The number of H-pyrrole nitrogens is 1. The van der Waals surface area contributed by atoms with Gasteiger partial charge in [0.25, 0.3) is 0 Å². The molecule has 26 heavy (non-hydrogen) atoms. The maximum Gasteiger partial charge on any atom is 0.223 e. The number of hydrogen-bond donors (Lipinski definition) is 3. The summed E-state index contributed by atoms with van der Waals surface area (Å²) in [6, 6.07) is 7.39. The average Bonchev–Trinajstić information content (AvgIpc) is 3.19. The van der Waals surface area contributed by atoms with Gasteiger partial charge in [0.15, 0.2) is 0 Å². The molecule has 0 atom stereocenters. The molecule has 0 bridgehead atoms. The summed E-state index contributed by atoms with van der Waals surface area (Å²) in [7, 11) is 0. The van der Waals surface area contributed by atoms with Crippen LogP contribution in [-0.2, 0) is 28.9 Å². The third kappa shape index (κ3) is 2.75. The molecule has 0 aliphatic heterocycles. The van der Waals surface area contributed by atoms with Crippen LogP contribution in [0.4, 0.5) is 5.69 Å². The van der Waals surface area contributed by atoms with Gasteiger partial charge >= 0.3 is 0 Å². The number of primary amides is 1. The van der Waals surface area contributed by atoms with Crippen molar-refractivity contribution in [1.29, 1.82) is 0 Å². The van der Waals surface area contributed by atoms with E-state index in [1.807, 2.05) is 28.9 Å². The van der Waals surface area contributed by atoms with Gasteiger partial charge in [-0.15, -0.1) is 0 Å². The fraction of sp³-hybridized carbons (Fsp3) is 0.222. The molecule has 0 radical (unpaired) electrons. The molecule has 1 aliphatic rings. The number of aromatic amines is 1. The minimum Gasteiger partial charge on any atom is -0.369 e. The first-order chi connectivity index (χ1) is 12.5.